The fourth-order valence-corrected chi connectivity index (χ4v) is 8.35. The zero-order chi connectivity index (χ0) is 35.3. The highest BCUT2D eigenvalue weighted by molar-refractivity contribution is 6.12. The molecule has 10 aromatic rings. The first-order chi connectivity index (χ1) is 26.0. The SMILES string of the molecule is CC1(C)c2cc(-c3ccc4oc5ccccc5c4c3)ccc2-c2c(-c3nc(-c4ccccc4)nc(-c4cccc5oc6ccccc6c45)n3)cccc21. The summed E-state index contributed by atoms with van der Waals surface area (Å²) in [5.74, 6) is 1.88. The molecule has 5 nitrogen and oxygen atoms in total. The van der Waals surface area contributed by atoms with Crippen LogP contribution in [0.1, 0.15) is 25.0 Å². The molecule has 5 heteroatoms. The van der Waals surface area contributed by atoms with Crippen LogP contribution in [-0.4, -0.2) is 15.0 Å². The minimum Gasteiger partial charge on any atom is -0.456 e. The van der Waals surface area contributed by atoms with E-state index >= 15 is 0 Å². The maximum absolute atomic E-state index is 6.27. The monoisotopic (exact) mass is 681 g/mol. The molecule has 0 aliphatic heterocycles. The number of rotatable bonds is 4. The molecule has 0 saturated carbocycles. The van der Waals surface area contributed by atoms with Crippen molar-refractivity contribution in [1.29, 1.82) is 0 Å². The van der Waals surface area contributed by atoms with Crippen LogP contribution < -0.4 is 0 Å². The van der Waals surface area contributed by atoms with Crippen LogP contribution >= 0.6 is 0 Å². The molecule has 0 amide bonds. The van der Waals surface area contributed by atoms with Gasteiger partial charge in [0.05, 0.1) is 0 Å². The van der Waals surface area contributed by atoms with Crippen molar-refractivity contribution in [2.24, 2.45) is 0 Å². The number of para-hydroxylation sites is 2. The topological polar surface area (TPSA) is 65.0 Å². The second-order valence-electron chi connectivity index (χ2n) is 14.4. The van der Waals surface area contributed by atoms with E-state index in [0.717, 1.165) is 66.1 Å². The highest BCUT2D eigenvalue weighted by Crippen LogP contribution is 2.53. The van der Waals surface area contributed by atoms with Crippen molar-refractivity contribution < 1.29 is 8.83 Å². The Morgan fingerprint density at radius 3 is 1.85 bits per heavy atom. The summed E-state index contributed by atoms with van der Waals surface area (Å²) in [6.07, 6.45) is 0. The van der Waals surface area contributed by atoms with Crippen molar-refractivity contribution in [1.82, 2.24) is 15.0 Å². The van der Waals surface area contributed by atoms with Crippen LogP contribution in [0.3, 0.4) is 0 Å². The van der Waals surface area contributed by atoms with Crippen molar-refractivity contribution in [3.63, 3.8) is 0 Å². The Balaban J connectivity index is 1.10. The molecule has 0 atom stereocenters. The van der Waals surface area contributed by atoms with E-state index in [2.05, 4.69) is 105 Å². The van der Waals surface area contributed by atoms with Gasteiger partial charge in [-0.05, 0) is 69.8 Å². The van der Waals surface area contributed by atoms with Crippen LogP contribution in [-0.2, 0) is 5.41 Å². The van der Waals surface area contributed by atoms with Gasteiger partial charge in [0, 0.05) is 43.7 Å². The minimum atomic E-state index is -0.247. The van der Waals surface area contributed by atoms with Gasteiger partial charge >= 0.3 is 0 Å². The third-order valence-corrected chi connectivity index (χ3v) is 11.0. The first-order valence-corrected chi connectivity index (χ1v) is 17.9. The van der Waals surface area contributed by atoms with Gasteiger partial charge in [-0.15, -0.1) is 0 Å². The normalized spacial score (nSPS) is 13.2. The van der Waals surface area contributed by atoms with Gasteiger partial charge in [-0.1, -0.05) is 129 Å². The number of aromatic nitrogens is 3. The van der Waals surface area contributed by atoms with Gasteiger partial charge in [0.25, 0.3) is 0 Å². The van der Waals surface area contributed by atoms with E-state index in [0.29, 0.717) is 17.5 Å². The van der Waals surface area contributed by atoms with E-state index in [-0.39, 0.29) is 5.41 Å². The van der Waals surface area contributed by atoms with Gasteiger partial charge in [-0.3, -0.25) is 0 Å². The molecule has 0 radical (unpaired) electrons. The Hall–Kier alpha value is -6.85. The standard InChI is InChI=1S/C48H31N3O2/c1-48(2)37-18-10-16-34(43(37)32-24-22-30(27-38(32)48)29-23-25-41-36(26-29)31-14-6-8-19-39(31)52-41)46-49-45(28-12-4-3-5-13-28)50-47(51-46)35-17-11-21-42-44(35)33-15-7-9-20-40(33)53-42/h3-27H,1-2H3. The van der Waals surface area contributed by atoms with Crippen LogP contribution in [0.25, 0.3) is 100 Å². The summed E-state index contributed by atoms with van der Waals surface area (Å²) in [4.78, 5) is 15.6. The van der Waals surface area contributed by atoms with E-state index in [1.165, 1.54) is 27.8 Å². The van der Waals surface area contributed by atoms with Gasteiger partial charge in [-0.2, -0.15) is 0 Å². The van der Waals surface area contributed by atoms with Crippen LogP contribution in [0.2, 0.25) is 0 Å². The first kappa shape index (κ1) is 29.8. The molecule has 53 heavy (non-hydrogen) atoms. The summed E-state index contributed by atoms with van der Waals surface area (Å²) < 4.78 is 12.4. The molecule has 11 rings (SSSR count). The molecule has 0 N–H and O–H groups in total. The maximum Gasteiger partial charge on any atom is 0.164 e. The third kappa shape index (κ3) is 4.47. The van der Waals surface area contributed by atoms with Crippen molar-refractivity contribution in [2.75, 3.05) is 0 Å². The lowest BCUT2D eigenvalue weighted by Gasteiger charge is -2.22. The van der Waals surface area contributed by atoms with Gasteiger partial charge in [0.1, 0.15) is 22.3 Å². The number of benzene rings is 7. The Morgan fingerprint density at radius 1 is 0.396 bits per heavy atom. The average Bonchev–Trinajstić information content (AvgIpc) is 3.85. The second kappa shape index (κ2) is 11.1. The molecule has 0 spiro atoms. The van der Waals surface area contributed by atoms with E-state index in [9.17, 15) is 0 Å². The predicted molar refractivity (Wildman–Crippen MR) is 214 cm³/mol. The Kier molecular flexibility index (Phi) is 6.23. The lowest BCUT2D eigenvalue weighted by atomic mass is 9.81. The molecular weight excluding hydrogens is 651 g/mol. The molecule has 1 aliphatic carbocycles. The molecule has 250 valence electrons. The Labute approximate surface area is 305 Å². The molecule has 0 saturated heterocycles. The van der Waals surface area contributed by atoms with Gasteiger partial charge in [0.15, 0.2) is 17.5 Å². The summed E-state index contributed by atoms with van der Waals surface area (Å²) in [5.41, 5.74) is 13.3. The molecule has 3 aromatic heterocycles. The van der Waals surface area contributed by atoms with Gasteiger partial charge < -0.3 is 8.83 Å². The summed E-state index contributed by atoms with van der Waals surface area (Å²) in [6.45, 7) is 4.63. The van der Waals surface area contributed by atoms with E-state index in [1.54, 1.807) is 0 Å². The van der Waals surface area contributed by atoms with Crippen LogP contribution in [0.15, 0.2) is 160 Å². The van der Waals surface area contributed by atoms with Crippen LogP contribution in [0.4, 0.5) is 0 Å². The highest BCUT2D eigenvalue weighted by Gasteiger charge is 2.37. The van der Waals surface area contributed by atoms with Crippen molar-refractivity contribution in [3.8, 4) is 56.4 Å². The summed E-state index contributed by atoms with van der Waals surface area (Å²) >= 11 is 0. The number of hydrogen-bond acceptors (Lipinski definition) is 5. The number of fused-ring (bicyclic) bond motifs is 9. The smallest absolute Gasteiger partial charge is 0.164 e. The summed E-state index contributed by atoms with van der Waals surface area (Å²) in [7, 11) is 0. The molecule has 3 heterocycles. The van der Waals surface area contributed by atoms with Gasteiger partial charge in [-0.25, -0.2) is 15.0 Å². The number of nitrogens with zero attached hydrogens (tertiary/aromatic N) is 3. The fourth-order valence-electron chi connectivity index (χ4n) is 8.35. The number of furan rings is 2. The first-order valence-electron chi connectivity index (χ1n) is 17.9. The molecule has 0 fully saturated rings. The van der Waals surface area contributed by atoms with E-state index in [1.807, 2.05) is 60.7 Å². The molecule has 0 unspecified atom stereocenters. The zero-order valence-electron chi connectivity index (χ0n) is 29.1. The molecular formula is C48H31N3O2. The summed E-state index contributed by atoms with van der Waals surface area (Å²) in [5, 5.41) is 4.29. The highest BCUT2D eigenvalue weighted by atomic mass is 16.3. The van der Waals surface area contributed by atoms with Crippen molar-refractivity contribution in [3.05, 3.63) is 163 Å². The number of hydrogen-bond donors (Lipinski definition) is 0. The quantitative estimate of drug-likeness (QED) is 0.185. The molecule has 7 aromatic carbocycles. The largest absolute Gasteiger partial charge is 0.456 e. The van der Waals surface area contributed by atoms with Crippen LogP contribution in [0.5, 0.6) is 0 Å². The summed E-state index contributed by atoms with van der Waals surface area (Å²) in [6, 6.07) is 52.5. The predicted octanol–water partition coefficient (Wildman–Crippen LogP) is 12.6. The van der Waals surface area contributed by atoms with E-state index < -0.39 is 0 Å². The third-order valence-electron chi connectivity index (χ3n) is 11.0. The Morgan fingerprint density at radius 2 is 1.00 bits per heavy atom. The maximum atomic E-state index is 6.27. The minimum absolute atomic E-state index is 0.247. The molecule has 0 bridgehead atoms. The Bertz CT molecular complexity index is 3100. The molecule has 1 aliphatic rings. The zero-order valence-corrected chi connectivity index (χ0v) is 29.1. The average molecular weight is 682 g/mol. The van der Waals surface area contributed by atoms with Gasteiger partial charge in [0.2, 0.25) is 0 Å². The fraction of sp³-hybridized carbons (Fsp3) is 0.0625. The lowest BCUT2D eigenvalue weighted by molar-refractivity contribution is 0.660. The van der Waals surface area contributed by atoms with Crippen molar-refractivity contribution >= 4 is 43.9 Å². The van der Waals surface area contributed by atoms with Crippen LogP contribution in [0, 0.1) is 0 Å². The van der Waals surface area contributed by atoms with E-state index in [4.69, 9.17) is 23.8 Å². The van der Waals surface area contributed by atoms with Crippen molar-refractivity contribution in [2.45, 2.75) is 19.3 Å². The second-order valence-corrected chi connectivity index (χ2v) is 14.4. The lowest BCUT2D eigenvalue weighted by Crippen LogP contribution is -2.15.